The van der Waals surface area contributed by atoms with E-state index in [2.05, 4.69) is 53.6 Å². The van der Waals surface area contributed by atoms with Gasteiger partial charge in [0.15, 0.2) is 0 Å². The Bertz CT molecular complexity index is 304. The van der Waals surface area contributed by atoms with Crippen LogP contribution in [-0.4, -0.2) is 37.3 Å². The van der Waals surface area contributed by atoms with Crippen LogP contribution in [0.5, 0.6) is 0 Å². The lowest BCUT2D eigenvalue weighted by Gasteiger charge is -2.48. The molecule has 1 saturated carbocycles. The highest BCUT2D eigenvalue weighted by Gasteiger charge is 2.41. The first-order chi connectivity index (χ1) is 8.17. The summed E-state index contributed by atoms with van der Waals surface area (Å²) in [6, 6.07) is 0.705. The molecule has 0 aromatic rings. The molecule has 0 radical (unpaired) electrons. The lowest BCUT2D eigenvalue weighted by atomic mass is 9.62. The Balaban J connectivity index is 2.79. The molecule has 0 N–H and O–H groups in total. The molecule has 0 aromatic carbocycles. The summed E-state index contributed by atoms with van der Waals surface area (Å²) in [6.07, 6.45) is 4.97. The fraction of sp³-hybridized carbons (Fsp3) is 0.938. The minimum Gasteiger partial charge on any atom is -0.306 e. The predicted octanol–water partition coefficient (Wildman–Crippen LogP) is 4.00. The second-order valence-corrected chi connectivity index (χ2v) is 7.58. The third-order valence-corrected chi connectivity index (χ3v) is 4.39. The van der Waals surface area contributed by atoms with E-state index in [9.17, 15) is 0 Å². The van der Waals surface area contributed by atoms with Crippen molar-refractivity contribution in [3.63, 3.8) is 0 Å². The molecule has 0 heterocycles. The van der Waals surface area contributed by atoms with Crippen molar-refractivity contribution < 1.29 is 0 Å². The zero-order valence-corrected chi connectivity index (χ0v) is 13.5. The average Bonchev–Trinajstić information content (AvgIpc) is 2.23. The van der Waals surface area contributed by atoms with Gasteiger partial charge in [-0.15, -0.1) is 0 Å². The summed E-state index contributed by atoms with van der Waals surface area (Å²) in [5.74, 6) is 0. The largest absolute Gasteiger partial charge is 0.306 e. The van der Waals surface area contributed by atoms with Crippen molar-refractivity contribution in [1.29, 1.82) is 0 Å². The molecule has 0 amide bonds. The summed E-state index contributed by atoms with van der Waals surface area (Å²) in [5, 5.41) is 0. The van der Waals surface area contributed by atoms with Gasteiger partial charge in [-0.2, -0.15) is 0 Å². The van der Waals surface area contributed by atoms with Gasteiger partial charge in [0.05, 0.1) is 0 Å². The second-order valence-electron chi connectivity index (χ2n) is 7.58. The highest BCUT2D eigenvalue weighted by atomic mass is 15.1. The van der Waals surface area contributed by atoms with E-state index in [-0.39, 0.29) is 0 Å². The molecule has 1 fully saturated rings. The van der Waals surface area contributed by atoms with Crippen LogP contribution in [0.4, 0.5) is 0 Å². The Kier molecular flexibility index (Phi) is 4.99. The van der Waals surface area contributed by atoms with E-state index in [0.29, 0.717) is 16.9 Å². The third-order valence-electron chi connectivity index (χ3n) is 4.39. The topological polar surface area (TPSA) is 15.6 Å². The standard InChI is InChI=1S/C16H32N2/c1-8-13(2)17-12-16(5)10-14(18(6)7)9-15(3,4)11-16/h14H,8-12H2,1-7H3. The molecule has 1 rings (SSSR count). The summed E-state index contributed by atoms with van der Waals surface area (Å²) < 4.78 is 0. The summed E-state index contributed by atoms with van der Waals surface area (Å²) in [5.41, 5.74) is 2.10. The Labute approximate surface area is 114 Å². The van der Waals surface area contributed by atoms with Crippen LogP contribution in [0.2, 0.25) is 0 Å². The van der Waals surface area contributed by atoms with Gasteiger partial charge in [-0.25, -0.2) is 0 Å². The van der Waals surface area contributed by atoms with Gasteiger partial charge in [-0.05, 0) is 57.5 Å². The SMILES string of the molecule is CCC(C)=NCC1(C)CC(N(C)C)CC(C)(C)C1. The maximum Gasteiger partial charge on any atom is 0.0443 e. The molecular formula is C16H32N2. The van der Waals surface area contributed by atoms with E-state index in [1.807, 2.05) is 0 Å². The molecule has 1 aliphatic rings. The fourth-order valence-corrected chi connectivity index (χ4v) is 3.50. The zero-order chi connectivity index (χ0) is 14.0. The Morgan fingerprint density at radius 1 is 1.22 bits per heavy atom. The summed E-state index contributed by atoms with van der Waals surface area (Å²) in [7, 11) is 4.43. The van der Waals surface area contributed by atoms with E-state index in [0.717, 1.165) is 13.0 Å². The first-order valence-corrected chi connectivity index (χ1v) is 7.34. The molecule has 0 saturated heterocycles. The van der Waals surface area contributed by atoms with Gasteiger partial charge in [-0.1, -0.05) is 27.7 Å². The van der Waals surface area contributed by atoms with Gasteiger partial charge < -0.3 is 4.90 Å². The molecule has 0 spiro atoms. The maximum absolute atomic E-state index is 4.80. The lowest BCUT2D eigenvalue weighted by Crippen LogP contribution is -2.45. The predicted molar refractivity (Wildman–Crippen MR) is 81.5 cm³/mol. The molecule has 0 aliphatic heterocycles. The molecule has 2 atom stereocenters. The molecular weight excluding hydrogens is 220 g/mol. The van der Waals surface area contributed by atoms with Crippen molar-refractivity contribution >= 4 is 5.71 Å². The first kappa shape index (κ1) is 15.7. The molecule has 0 aromatic heterocycles. The molecule has 2 heteroatoms. The minimum atomic E-state index is 0.368. The van der Waals surface area contributed by atoms with Crippen molar-refractivity contribution in [2.75, 3.05) is 20.6 Å². The van der Waals surface area contributed by atoms with Crippen LogP contribution < -0.4 is 0 Å². The van der Waals surface area contributed by atoms with Gasteiger partial charge in [0.25, 0.3) is 0 Å². The number of rotatable bonds is 4. The van der Waals surface area contributed by atoms with E-state index >= 15 is 0 Å². The monoisotopic (exact) mass is 252 g/mol. The summed E-state index contributed by atoms with van der Waals surface area (Å²) in [6.45, 7) is 12.6. The fourth-order valence-electron chi connectivity index (χ4n) is 3.50. The zero-order valence-electron chi connectivity index (χ0n) is 13.5. The average molecular weight is 252 g/mol. The number of hydrogen-bond donors (Lipinski definition) is 0. The normalized spacial score (nSPS) is 32.9. The molecule has 1 aliphatic carbocycles. The Morgan fingerprint density at radius 2 is 1.83 bits per heavy atom. The van der Waals surface area contributed by atoms with Gasteiger partial charge in [0.1, 0.15) is 0 Å². The van der Waals surface area contributed by atoms with Crippen LogP contribution in [-0.2, 0) is 0 Å². The van der Waals surface area contributed by atoms with E-state index in [4.69, 9.17) is 4.99 Å². The van der Waals surface area contributed by atoms with Crippen LogP contribution in [0.25, 0.3) is 0 Å². The van der Waals surface area contributed by atoms with Crippen LogP contribution in [0.15, 0.2) is 4.99 Å². The summed E-state index contributed by atoms with van der Waals surface area (Å²) in [4.78, 5) is 7.19. The van der Waals surface area contributed by atoms with Gasteiger partial charge in [-0.3, -0.25) is 4.99 Å². The van der Waals surface area contributed by atoms with Gasteiger partial charge in [0.2, 0.25) is 0 Å². The molecule has 0 bridgehead atoms. The molecule has 2 unspecified atom stereocenters. The number of hydrogen-bond acceptors (Lipinski definition) is 2. The maximum atomic E-state index is 4.80. The summed E-state index contributed by atoms with van der Waals surface area (Å²) >= 11 is 0. The molecule has 2 nitrogen and oxygen atoms in total. The highest BCUT2D eigenvalue weighted by Crippen LogP contribution is 2.47. The number of nitrogens with zero attached hydrogens (tertiary/aromatic N) is 2. The van der Waals surface area contributed by atoms with Crippen LogP contribution in [0.1, 0.15) is 60.3 Å². The highest BCUT2D eigenvalue weighted by molar-refractivity contribution is 5.81. The lowest BCUT2D eigenvalue weighted by molar-refractivity contribution is 0.0396. The Hall–Kier alpha value is -0.370. The molecule has 18 heavy (non-hydrogen) atoms. The van der Waals surface area contributed by atoms with Crippen molar-refractivity contribution in [3.05, 3.63) is 0 Å². The first-order valence-electron chi connectivity index (χ1n) is 7.34. The van der Waals surface area contributed by atoms with E-state index < -0.39 is 0 Å². The minimum absolute atomic E-state index is 0.368. The van der Waals surface area contributed by atoms with Crippen LogP contribution in [0.3, 0.4) is 0 Å². The van der Waals surface area contributed by atoms with E-state index in [1.54, 1.807) is 0 Å². The van der Waals surface area contributed by atoms with E-state index in [1.165, 1.54) is 25.0 Å². The van der Waals surface area contributed by atoms with Crippen molar-refractivity contribution in [2.45, 2.75) is 66.3 Å². The molecule has 106 valence electrons. The second kappa shape index (κ2) is 5.73. The van der Waals surface area contributed by atoms with Crippen LogP contribution >= 0.6 is 0 Å². The van der Waals surface area contributed by atoms with Crippen molar-refractivity contribution in [2.24, 2.45) is 15.8 Å². The van der Waals surface area contributed by atoms with Crippen LogP contribution in [0, 0.1) is 10.8 Å². The van der Waals surface area contributed by atoms with Gasteiger partial charge in [0, 0.05) is 18.3 Å². The Morgan fingerprint density at radius 3 is 2.33 bits per heavy atom. The van der Waals surface area contributed by atoms with Gasteiger partial charge >= 0.3 is 0 Å². The van der Waals surface area contributed by atoms with Crippen molar-refractivity contribution in [1.82, 2.24) is 4.90 Å². The quantitative estimate of drug-likeness (QED) is 0.690. The number of aliphatic imine (C=N–C) groups is 1. The smallest absolute Gasteiger partial charge is 0.0443 e. The third kappa shape index (κ3) is 4.38. The van der Waals surface area contributed by atoms with Crippen molar-refractivity contribution in [3.8, 4) is 0 Å².